The van der Waals surface area contributed by atoms with E-state index in [9.17, 15) is 9.90 Å². The van der Waals surface area contributed by atoms with Crippen molar-refractivity contribution in [2.45, 2.75) is 24.4 Å². The van der Waals surface area contributed by atoms with Gasteiger partial charge in [-0.25, -0.2) is 0 Å². The van der Waals surface area contributed by atoms with Crippen molar-refractivity contribution in [2.24, 2.45) is 7.05 Å². The lowest BCUT2D eigenvalue weighted by atomic mass is 10.0. The summed E-state index contributed by atoms with van der Waals surface area (Å²) in [6.45, 7) is 0.594. The monoisotopic (exact) mass is 461 g/mol. The zero-order chi connectivity index (χ0) is 23.2. The number of aliphatic hydroxyl groups excluding tert-OH is 1. The Morgan fingerprint density at radius 3 is 2.71 bits per heavy atom. The van der Waals surface area contributed by atoms with E-state index in [-0.39, 0.29) is 30.8 Å². The number of ether oxygens (including phenoxy) is 3. The number of nitrogens with zero attached hydrogens (tertiary/aromatic N) is 3. The van der Waals surface area contributed by atoms with Crippen LogP contribution in [0.2, 0.25) is 0 Å². The maximum Gasteiger partial charge on any atom is 0.295 e. The largest absolute Gasteiger partial charge is 0.456 e. The number of anilines is 1. The van der Waals surface area contributed by atoms with E-state index in [0.717, 1.165) is 22.2 Å². The maximum atomic E-state index is 12.5. The smallest absolute Gasteiger partial charge is 0.295 e. The predicted octanol–water partition coefficient (Wildman–Crippen LogP) is 2.12. The Hall–Kier alpha value is -3.73. The molecular weight excluding hydrogens is 438 g/mol. The lowest BCUT2D eigenvalue weighted by Crippen LogP contribution is -2.34. The normalized spacial score (nSPS) is 23.8. The van der Waals surface area contributed by atoms with Gasteiger partial charge in [0.15, 0.2) is 11.9 Å². The molecule has 4 atom stereocenters. The number of aliphatic hydroxyl groups is 1. The average molecular weight is 461 g/mol. The van der Waals surface area contributed by atoms with E-state index in [4.69, 9.17) is 14.2 Å². The number of fused-ring (bicyclic) bond motifs is 2. The molecule has 0 radical (unpaired) electrons. The molecule has 2 aliphatic heterocycles. The fraction of sp³-hybridized carbons (Fsp3) is 0.292. The molecular formula is C24H23N5O5. The molecule has 3 N–H and O–H groups in total. The maximum absolute atomic E-state index is 12.5. The van der Waals surface area contributed by atoms with E-state index in [1.165, 1.54) is 0 Å². The lowest BCUT2D eigenvalue weighted by molar-refractivity contribution is 0.00706. The first-order chi connectivity index (χ1) is 16.5. The molecule has 0 saturated carbocycles. The van der Waals surface area contributed by atoms with Crippen LogP contribution in [0.15, 0.2) is 54.7 Å². The number of H-pyrrole nitrogens is 1. The quantitative estimate of drug-likeness (QED) is 0.416. The van der Waals surface area contributed by atoms with Gasteiger partial charge in [-0.2, -0.15) is 10.1 Å². The SMILES string of the molecule is Cn1ccc(NC(=O)c2ccc(-c3ccc4[nH]c(O[C@@H]5CO[C@H]6[C@@H]5OC[C@H]6O)nc4c3)cc2)n1. The molecule has 2 aliphatic rings. The van der Waals surface area contributed by atoms with E-state index in [0.29, 0.717) is 24.0 Å². The third kappa shape index (κ3) is 3.81. The summed E-state index contributed by atoms with van der Waals surface area (Å²) in [4.78, 5) is 20.2. The van der Waals surface area contributed by atoms with E-state index < -0.39 is 6.10 Å². The van der Waals surface area contributed by atoms with Crippen LogP contribution in [-0.2, 0) is 16.5 Å². The van der Waals surface area contributed by atoms with Crippen LogP contribution in [0.5, 0.6) is 6.01 Å². The number of hydrogen-bond donors (Lipinski definition) is 3. The third-order valence-electron chi connectivity index (χ3n) is 6.14. The lowest BCUT2D eigenvalue weighted by Gasteiger charge is -2.15. The molecule has 4 aromatic rings. The molecule has 1 amide bonds. The van der Waals surface area contributed by atoms with Crippen molar-refractivity contribution in [2.75, 3.05) is 18.5 Å². The summed E-state index contributed by atoms with van der Waals surface area (Å²) in [7, 11) is 1.80. The number of aryl methyl sites for hydroxylation is 1. The van der Waals surface area contributed by atoms with Crippen molar-refractivity contribution >= 4 is 22.8 Å². The van der Waals surface area contributed by atoms with Crippen LogP contribution in [0.1, 0.15) is 10.4 Å². The molecule has 0 spiro atoms. The zero-order valence-electron chi connectivity index (χ0n) is 18.3. The van der Waals surface area contributed by atoms with Gasteiger partial charge < -0.3 is 29.6 Å². The molecule has 174 valence electrons. The summed E-state index contributed by atoms with van der Waals surface area (Å²) in [5.74, 6) is 0.292. The molecule has 10 heteroatoms. The van der Waals surface area contributed by atoms with Gasteiger partial charge in [0.1, 0.15) is 18.3 Å². The number of amides is 1. The topological polar surface area (TPSA) is 124 Å². The van der Waals surface area contributed by atoms with E-state index >= 15 is 0 Å². The van der Waals surface area contributed by atoms with Crippen LogP contribution < -0.4 is 10.1 Å². The standard InChI is InChI=1S/C24H23N5O5/c1-29-9-8-20(28-29)27-23(31)14-4-2-13(3-5-14)15-6-7-16-17(10-15)26-24(25-16)34-19-12-33-21-18(30)11-32-22(19)21/h2-10,18-19,21-22,30H,11-12H2,1H3,(H,25,26)(H,27,28,31)/t18-,19-,21-,22-/m1/s1. The van der Waals surface area contributed by atoms with Gasteiger partial charge >= 0.3 is 0 Å². The van der Waals surface area contributed by atoms with Crippen molar-refractivity contribution < 1.29 is 24.1 Å². The Morgan fingerprint density at radius 1 is 1.12 bits per heavy atom. The van der Waals surface area contributed by atoms with E-state index in [2.05, 4.69) is 20.4 Å². The summed E-state index contributed by atoms with van der Waals surface area (Å²) >= 11 is 0. The number of rotatable bonds is 5. The summed E-state index contributed by atoms with van der Waals surface area (Å²) in [6, 6.07) is 15.4. The Morgan fingerprint density at radius 2 is 1.91 bits per heavy atom. The second kappa shape index (κ2) is 8.24. The molecule has 10 nitrogen and oxygen atoms in total. The number of carbonyl (C=O) groups is 1. The summed E-state index contributed by atoms with van der Waals surface area (Å²) in [5.41, 5.74) is 4.07. The first kappa shape index (κ1) is 20.8. The average Bonchev–Trinajstić information content (AvgIpc) is 3.61. The van der Waals surface area contributed by atoms with E-state index in [1.54, 1.807) is 36.1 Å². The summed E-state index contributed by atoms with van der Waals surface area (Å²) in [6.07, 6.45) is 0.171. The molecule has 2 saturated heterocycles. The van der Waals surface area contributed by atoms with Crippen LogP contribution >= 0.6 is 0 Å². The van der Waals surface area contributed by atoms with Gasteiger partial charge in [0.25, 0.3) is 11.9 Å². The van der Waals surface area contributed by atoms with Crippen molar-refractivity contribution in [3.8, 4) is 17.1 Å². The molecule has 2 fully saturated rings. The molecule has 2 aromatic carbocycles. The van der Waals surface area contributed by atoms with Gasteiger partial charge in [-0.3, -0.25) is 9.48 Å². The Labute approximate surface area is 194 Å². The number of benzene rings is 2. The number of aromatic nitrogens is 4. The number of hydrogen-bond acceptors (Lipinski definition) is 7. The highest BCUT2D eigenvalue weighted by Gasteiger charge is 2.48. The van der Waals surface area contributed by atoms with Crippen LogP contribution in [0.4, 0.5) is 5.82 Å². The minimum Gasteiger partial charge on any atom is -0.456 e. The van der Waals surface area contributed by atoms with Crippen LogP contribution in [-0.4, -0.2) is 68.4 Å². The first-order valence-corrected chi connectivity index (χ1v) is 11.0. The fourth-order valence-corrected chi connectivity index (χ4v) is 4.39. The molecule has 0 unspecified atom stereocenters. The number of nitrogens with one attached hydrogen (secondary N) is 2. The number of imidazole rings is 1. The highest BCUT2D eigenvalue weighted by molar-refractivity contribution is 6.04. The van der Waals surface area contributed by atoms with Crippen molar-refractivity contribution in [1.82, 2.24) is 19.7 Å². The zero-order valence-corrected chi connectivity index (χ0v) is 18.3. The molecule has 2 aromatic heterocycles. The third-order valence-corrected chi connectivity index (χ3v) is 6.14. The van der Waals surface area contributed by atoms with Crippen molar-refractivity contribution in [3.05, 3.63) is 60.3 Å². The van der Waals surface area contributed by atoms with E-state index in [1.807, 2.05) is 30.3 Å². The van der Waals surface area contributed by atoms with Gasteiger partial charge in [-0.1, -0.05) is 18.2 Å². The van der Waals surface area contributed by atoms with Gasteiger partial charge in [0, 0.05) is 24.9 Å². The van der Waals surface area contributed by atoms with Crippen molar-refractivity contribution in [1.29, 1.82) is 0 Å². The molecule has 6 rings (SSSR count). The van der Waals surface area contributed by atoms with Crippen LogP contribution in [0.25, 0.3) is 22.2 Å². The second-order valence-corrected chi connectivity index (χ2v) is 8.50. The fourth-order valence-electron chi connectivity index (χ4n) is 4.39. The number of carbonyl (C=O) groups excluding carboxylic acids is 1. The van der Waals surface area contributed by atoms with Gasteiger partial charge in [-0.15, -0.1) is 0 Å². The van der Waals surface area contributed by atoms with Crippen molar-refractivity contribution in [3.63, 3.8) is 0 Å². The second-order valence-electron chi connectivity index (χ2n) is 8.50. The highest BCUT2D eigenvalue weighted by atomic mass is 16.6. The highest BCUT2D eigenvalue weighted by Crippen LogP contribution is 2.30. The molecule has 0 aliphatic carbocycles. The minimum atomic E-state index is -0.621. The van der Waals surface area contributed by atoms with Crippen LogP contribution in [0.3, 0.4) is 0 Å². The van der Waals surface area contributed by atoms with Gasteiger partial charge in [0.2, 0.25) is 0 Å². The minimum absolute atomic E-state index is 0.216. The van der Waals surface area contributed by atoms with Gasteiger partial charge in [-0.05, 0) is 35.4 Å². The van der Waals surface area contributed by atoms with Crippen LogP contribution in [0, 0.1) is 0 Å². The Balaban J connectivity index is 1.16. The predicted molar refractivity (Wildman–Crippen MR) is 123 cm³/mol. The Bertz CT molecular complexity index is 1350. The molecule has 34 heavy (non-hydrogen) atoms. The summed E-state index contributed by atoms with van der Waals surface area (Å²) < 4.78 is 18.8. The summed E-state index contributed by atoms with van der Waals surface area (Å²) in [5, 5.41) is 16.8. The number of aromatic amines is 1. The first-order valence-electron chi connectivity index (χ1n) is 11.0. The molecule has 0 bridgehead atoms. The van der Waals surface area contributed by atoms with Gasteiger partial charge in [0.05, 0.1) is 24.2 Å². The Kier molecular flexibility index (Phi) is 5.05. The molecule has 4 heterocycles.